The first-order chi connectivity index (χ1) is 9.69. The molecule has 2 aromatic heterocycles. The van der Waals surface area contributed by atoms with Gasteiger partial charge in [0, 0.05) is 17.1 Å². The van der Waals surface area contributed by atoms with Gasteiger partial charge in [0.25, 0.3) is 0 Å². The lowest BCUT2D eigenvalue weighted by Crippen LogP contribution is -2.18. The molecule has 0 aliphatic rings. The number of nitrogens with one attached hydrogen (secondary N) is 1. The van der Waals surface area contributed by atoms with Gasteiger partial charge in [0.2, 0.25) is 0 Å². The molecule has 3 rings (SSSR count). The van der Waals surface area contributed by atoms with Crippen molar-refractivity contribution >= 4 is 11.0 Å². The van der Waals surface area contributed by atoms with E-state index in [0.29, 0.717) is 11.3 Å². The Balaban J connectivity index is 2.10. The van der Waals surface area contributed by atoms with Crippen LogP contribution < -0.4 is 5.32 Å². The van der Waals surface area contributed by atoms with Gasteiger partial charge < -0.3 is 9.73 Å². The summed E-state index contributed by atoms with van der Waals surface area (Å²) in [5, 5.41) is 4.11. The first kappa shape index (κ1) is 12.8. The van der Waals surface area contributed by atoms with Crippen LogP contribution in [-0.2, 0) is 0 Å². The minimum atomic E-state index is -0.344. The zero-order valence-corrected chi connectivity index (χ0v) is 11.4. The predicted molar refractivity (Wildman–Crippen MR) is 76.0 cm³/mol. The summed E-state index contributed by atoms with van der Waals surface area (Å²) in [5.74, 6) is 0.349. The number of hydrogen-bond acceptors (Lipinski definition) is 3. The molecule has 0 aliphatic carbocycles. The van der Waals surface area contributed by atoms with Crippen LogP contribution in [-0.4, -0.2) is 12.0 Å². The van der Waals surface area contributed by atoms with E-state index >= 15 is 0 Å². The number of rotatable bonds is 3. The normalized spacial score (nSPS) is 12.8. The van der Waals surface area contributed by atoms with Gasteiger partial charge in [-0.05, 0) is 38.2 Å². The van der Waals surface area contributed by atoms with Crippen LogP contribution in [0.1, 0.15) is 22.9 Å². The van der Waals surface area contributed by atoms with Crippen LogP contribution in [0.5, 0.6) is 0 Å². The molecule has 0 amide bonds. The van der Waals surface area contributed by atoms with Crippen molar-refractivity contribution in [2.45, 2.75) is 13.0 Å². The molecule has 1 atom stereocenters. The topological polar surface area (TPSA) is 38.1 Å². The number of fused-ring (bicyclic) bond motifs is 1. The fourth-order valence-electron chi connectivity index (χ4n) is 2.40. The van der Waals surface area contributed by atoms with E-state index in [0.717, 1.165) is 11.0 Å². The number of furan rings is 1. The SMILES string of the molecule is CNC(c1cc2cc(C)ccc2o1)c1ccncc1F. The van der Waals surface area contributed by atoms with Crippen molar-refractivity contribution < 1.29 is 8.81 Å². The van der Waals surface area contributed by atoms with Gasteiger partial charge in [0.05, 0.1) is 12.2 Å². The number of halogens is 1. The Kier molecular flexibility index (Phi) is 3.24. The fraction of sp³-hybridized carbons (Fsp3) is 0.188. The molecule has 3 nitrogen and oxygen atoms in total. The highest BCUT2D eigenvalue weighted by Crippen LogP contribution is 2.29. The molecular formula is C16H15FN2O. The number of aryl methyl sites for hydroxylation is 1. The summed E-state index contributed by atoms with van der Waals surface area (Å²) in [6, 6.07) is 9.27. The van der Waals surface area contributed by atoms with E-state index in [9.17, 15) is 4.39 Å². The van der Waals surface area contributed by atoms with Crippen LogP contribution in [0.15, 0.2) is 47.1 Å². The molecule has 1 N–H and O–H groups in total. The van der Waals surface area contributed by atoms with Gasteiger partial charge in [0.1, 0.15) is 17.2 Å². The van der Waals surface area contributed by atoms with E-state index in [-0.39, 0.29) is 11.9 Å². The second-order valence-electron chi connectivity index (χ2n) is 4.81. The van der Waals surface area contributed by atoms with Gasteiger partial charge in [-0.25, -0.2) is 4.39 Å². The smallest absolute Gasteiger partial charge is 0.146 e. The number of nitrogens with zero attached hydrogens (tertiary/aromatic N) is 1. The van der Waals surface area contributed by atoms with E-state index in [1.807, 2.05) is 25.1 Å². The molecule has 0 aliphatic heterocycles. The highest BCUT2D eigenvalue weighted by atomic mass is 19.1. The molecule has 0 spiro atoms. The third kappa shape index (κ3) is 2.18. The molecule has 0 radical (unpaired) electrons. The van der Waals surface area contributed by atoms with Gasteiger partial charge in [-0.3, -0.25) is 4.98 Å². The number of aromatic nitrogens is 1. The van der Waals surface area contributed by atoms with E-state index in [2.05, 4.69) is 16.4 Å². The van der Waals surface area contributed by atoms with Crippen LogP contribution in [0.25, 0.3) is 11.0 Å². The Morgan fingerprint density at radius 1 is 1.25 bits per heavy atom. The van der Waals surface area contributed by atoms with Crippen molar-refractivity contribution in [2.24, 2.45) is 0 Å². The van der Waals surface area contributed by atoms with Gasteiger partial charge in [-0.2, -0.15) is 0 Å². The standard InChI is InChI=1S/C16H15FN2O/c1-10-3-4-14-11(7-10)8-15(20-14)16(18-2)12-5-6-19-9-13(12)17/h3-9,16,18H,1-2H3. The Hall–Kier alpha value is -2.20. The number of pyridine rings is 1. The van der Waals surface area contributed by atoms with Crippen molar-refractivity contribution in [3.05, 3.63) is 65.4 Å². The lowest BCUT2D eigenvalue weighted by atomic mass is 10.1. The Morgan fingerprint density at radius 2 is 2.10 bits per heavy atom. The second kappa shape index (κ2) is 5.06. The van der Waals surface area contributed by atoms with E-state index in [1.165, 1.54) is 11.8 Å². The average molecular weight is 270 g/mol. The number of benzene rings is 1. The lowest BCUT2D eigenvalue weighted by molar-refractivity contribution is 0.475. The van der Waals surface area contributed by atoms with E-state index < -0.39 is 0 Å². The molecule has 20 heavy (non-hydrogen) atoms. The second-order valence-corrected chi connectivity index (χ2v) is 4.81. The maximum atomic E-state index is 13.9. The molecule has 0 bridgehead atoms. The van der Waals surface area contributed by atoms with Crippen molar-refractivity contribution in [3.8, 4) is 0 Å². The van der Waals surface area contributed by atoms with E-state index in [1.54, 1.807) is 19.3 Å². The van der Waals surface area contributed by atoms with Crippen LogP contribution >= 0.6 is 0 Å². The van der Waals surface area contributed by atoms with Crippen LogP contribution in [0.3, 0.4) is 0 Å². The Bertz CT molecular complexity index is 751. The quantitative estimate of drug-likeness (QED) is 0.790. The molecule has 1 aromatic carbocycles. The lowest BCUT2D eigenvalue weighted by Gasteiger charge is -2.14. The van der Waals surface area contributed by atoms with Crippen LogP contribution in [0.2, 0.25) is 0 Å². The molecule has 0 fully saturated rings. The fourth-order valence-corrected chi connectivity index (χ4v) is 2.40. The van der Waals surface area contributed by atoms with Crippen molar-refractivity contribution in [3.63, 3.8) is 0 Å². The van der Waals surface area contributed by atoms with Crippen molar-refractivity contribution in [2.75, 3.05) is 7.05 Å². The molecule has 4 heteroatoms. The maximum absolute atomic E-state index is 13.9. The third-order valence-corrected chi connectivity index (χ3v) is 3.38. The van der Waals surface area contributed by atoms with Gasteiger partial charge in [-0.15, -0.1) is 0 Å². The van der Waals surface area contributed by atoms with Gasteiger partial charge >= 0.3 is 0 Å². The first-order valence-corrected chi connectivity index (χ1v) is 6.46. The van der Waals surface area contributed by atoms with Gasteiger partial charge in [0.15, 0.2) is 0 Å². The van der Waals surface area contributed by atoms with Crippen LogP contribution in [0, 0.1) is 12.7 Å². The molecule has 0 saturated carbocycles. The van der Waals surface area contributed by atoms with Crippen molar-refractivity contribution in [1.29, 1.82) is 0 Å². The summed E-state index contributed by atoms with van der Waals surface area (Å²) in [4.78, 5) is 3.78. The highest BCUT2D eigenvalue weighted by Gasteiger charge is 2.20. The Morgan fingerprint density at radius 3 is 2.85 bits per heavy atom. The minimum Gasteiger partial charge on any atom is -0.459 e. The molecule has 1 unspecified atom stereocenters. The summed E-state index contributed by atoms with van der Waals surface area (Å²) >= 11 is 0. The monoisotopic (exact) mass is 270 g/mol. The average Bonchev–Trinajstić information content (AvgIpc) is 2.84. The molecule has 2 heterocycles. The largest absolute Gasteiger partial charge is 0.459 e. The molecule has 3 aromatic rings. The summed E-state index contributed by atoms with van der Waals surface area (Å²) in [5.41, 5.74) is 2.50. The highest BCUT2D eigenvalue weighted by molar-refractivity contribution is 5.78. The minimum absolute atomic E-state index is 0.328. The van der Waals surface area contributed by atoms with Gasteiger partial charge in [-0.1, -0.05) is 11.6 Å². The summed E-state index contributed by atoms with van der Waals surface area (Å²) in [6.45, 7) is 2.03. The number of hydrogen-bond donors (Lipinski definition) is 1. The van der Waals surface area contributed by atoms with Crippen molar-refractivity contribution in [1.82, 2.24) is 10.3 Å². The first-order valence-electron chi connectivity index (χ1n) is 6.46. The zero-order valence-electron chi connectivity index (χ0n) is 11.4. The molecule has 0 saturated heterocycles. The molecule has 102 valence electrons. The zero-order chi connectivity index (χ0) is 14.1. The predicted octanol–water partition coefficient (Wildman–Crippen LogP) is 3.58. The summed E-state index contributed by atoms with van der Waals surface area (Å²) in [7, 11) is 1.78. The molecular weight excluding hydrogens is 255 g/mol. The third-order valence-electron chi connectivity index (χ3n) is 3.38. The summed E-state index contributed by atoms with van der Waals surface area (Å²) in [6.07, 6.45) is 2.79. The summed E-state index contributed by atoms with van der Waals surface area (Å²) < 4.78 is 19.7. The van der Waals surface area contributed by atoms with Crippen LogP contribution in [0.4, 0.5) is 4.39 Å². The van der Waals surface area contributed by atoms with E-state index in [4.69, 9.17) is 4.42 Å². The maximum Gasteiger partial charge on any atom is 0.146 e. The Labute approximate surface area is 116 Å².